The largest absolute Gasteiger partial charge is 0.481 e. The van der Waals surface area contributed by atoms with Gasteiger partial charge in [-0.1, -0.05) is 41.4 Å². The fraction of sp³-hybridized carbons (Fsp3) is 0.0455. The Bertz CT molecular complexity index is 1260. The molecule has 0 aliphatic carbocycles. The molecule has 0 unspecified atom stereocenters. The molecule has 4 aromatic rings. The molecule has 0 fully saturated rings. The molecule has 0 aliphatic rings. The van der Waals surface area contributed by atoms with Crippen LogP contribution in [0, 0.1) is 0 Å². The number of thiazole rings is 1. The highest BCUT2D eigenvalue weighted by molar-refractivity contribution is 7.13. The standard InChI is InChI=1S/C22H14Cl2N2O3S/c1-29-20-13(6-3-9-25-20)19-14(4-2-5-15(19)22(27)28)21-26-18(11-30-21)12-7-8-16(23)17(24)10-12/h2-11H,1H3,(H,27,28). The number of aromatic carboxylic acids is 1. The SMILES string of the molecule is COc1ncccc1-c1c(C(=O)O)cccc1-c1nc(-c2ccc(Cl)c(Cl)c2)cs1. The van der Waals surface area contributed by atoms with Gasteiger partial charge in [-0.25, -0.2) is 14.8 Å². The number of benzene rings is 2. The van der Waals surface area contributed by atoms with E-state index in [1.54, 1.807) is 42.6 Å². The number of pyridine rings is 1. The van der Waals surface area contributed by atoms with Gasteiger partial charge < -0.3 is 9.84 Å². The van der Waals surface area contributed by atoms with Crippen molar-refractivity contribution < 1.29 is 14.6 Å². The van der Waals surface area contributed by atoms with Gasteiger partial charge in [0.15, 0.2) is 0 Å². The minimum Gasteiger partial charge on any atom is -0.481 e. The smallest absolute Gasteiger partial charge is 0.336 e. The molecular weight excluding hydrogens is 443 g/mol. The maximum absolute atomic E-state index is 12.0. The normalized spacial score (nSPS) is 10.8. The first-order chi connectivity index (χ1) is 14.5. The summed E-state index contributed by atoms with van der Waals surface area (Å²) in [5, 5.41) is 13.3. The van der Waals surface area contributed by atoms with Crippen LogP contribution >= 0.6 is 34.5 Å². The summed E-state index contributed by atoms with van der Waals surface area (Å²) in [6, 6.07) is 13.9. The molecule has 4 rings (SSSR count). The number of hydrogen-bond donors (Lipinski definition) is 1. The molecule has 2 aromatic heterocycles. The quantitative estimate of drug-likeness (QED) is 0.368. The van der Waals surface area contributed by atoms with Gasteiger partial charge in [-0.05, 0) is 30.3 Å². The van der Waals surface area contributed by atoms with Gasteiger partial charge in [0.1, 0.15) is 5.01 Å². The lowest BCUT2D eigenvalue weighted by molar-refractivity contribution is 0.0698. The van der Waals surface area contributed by atoms with E-state index in [1.807, 2.05) is 17.5 Å². The molecule has 1 N–H and O–H groups in total. The van der Waals surface area contributed by atoms with Gasteiger partial charge in [-0.2, -0.15) is 0 Å². The predicted octanol–water partition coefficient (Wildman–Crippen LogP) is 6.55. The monoisotopic (exact) mass is 456 g/mol. The molecule has 150 valence electrons. The molecule has 0 aliphatic heterocycles. The van der Waals surface area contributed by atoms with Crippen LogP contribution in [0.5, 0.6) is 5.88 Å². The third-order valence-electron chi connectivity index (χ3n) is 4.48. The second-order valence-electron chi connectivity index (χ2n) is 6.26. The van der Waals surface area contributed by atoms with E-state index in [1.165, 1.54) is 18.4 Å². The average Bonchev–Trinajstić information content (AvgIpc) is 3.25. The van der Waals surface area contributed by atoms with E-state index < -0.39 is 5.97 Å². The lowest BCUT2D eigenvalue weighted by Crippen LogP contribution is -2.03. The van der Waals surface area contributed by atoms with Gasteiger partial charge in [-0.15, -0.1) is 11.3 Å². The summed E-state index contributed by atoms with van der Waals surface area (Å²) < 4.78 is 5.38. The van der Waals surface area contributed by atoms with Crippen LogP contribution in [0.3, 0.4) is 0 Å². The molecular formula is C22H14Cl2N2O3S. The van der Waals surface area contributed by atoms with Crippen LogP contribution in [-0.4, -0.2) is 28.2 Å². The van der Waals surface area contributed by atoms with Gasteiger partial charge in [0.05, 0.1) is 28.4 Å². The summed E-state index contributed by atoms with van der Waals surface area (Å²) in [4.78, 5) is 20.9. The molecule has 30 heavy (non-hydrogen) atoms. The molecule has 8 heteroatoms. The number of hydrogen-bond acceptors (Lipinski definition) is 5. The molecule has 0 bridgehead atoms. The first-order valence-electron chi connectivity index (χ1n) is 8.76. The Kier molecular flexibility index (Phi) is 5.72. The van der Waals surface area contributed by atoms with Crippen molar-refractivity contribution in [2.75, 3.05) is 7.11 Å². The van der Waals surface area contributed by atoms with E-state index in [0.29, 0.717) is 37.6 Å². The second kappa shape index (κ2) is 8.44. The summed E-state index contributed by atoms with van der Waals surface area (Å²) in [5.74, 6) is -0.701. The van der Waals surface area contributed by atoms with Gasteiger partial charge in [0.2, 0.25) is 5.88 Å². The van der Waals surface area contributed by atoms with Crippen molar-refractivity contribution >= 4 is 40.5 Å². The molecule has 0 radical (unpaired) electrons. The topological polar surface area (TPSA) is 72.3 Å². The molecule has 0 saturated heterocycles. The van der Waals surface area contributed by atoms with E-state index in [4.69, 9.17) is 32.9 Å². The molecule has 0 spiro atoms. The summed E-state index contributed by atoms with van der Waals surface area (Å²) in [7, 11) is 1.50. The van der Waals surface area contributed by atoms with Crippen molar-refractivity contribution in [3.8, 4) is 38.8 Å². The minimum absolute atomic E-state index is 0.144. The Hall–Kier alpha value is -2.93. The van der Waals surface area contributed by atoms with Crippen LogP contribution in [0.15, 0.2) is 60.1 Å². The Morgan fingerprint density at radius 3 is 2.60 bits per heavy atom. The van der Waals surface area contributed by atoms with Crippen molar-refractivity contribution in [2.24, 2.45) is 0 Å². The zero-order valence-electron chi connectivity index (χ0n) is 15.6. The van der Waals surface area contributed by atoms with Crippen LogP contribution < -0.4 is 4.74 Å². The number of methoxy groups -OCH3 is 1. The lowest BCUT2D eigenvalue weighted by atomic mass is 9.95. The Labute approximate surface area is 186 Å². The highest BCUT2D eigenvalue weighted by atomic mass is 35.5. The van der Waals surface area contributed by atoms with Crippen LogP contribution in [0.25, 0.3) is 33.0 Å². The molecule has 0 amide bonds. The third-order valence-corrected chi connectivity index (χ3v) is 6.09. The molecule has 5 nitrogen and oxygen atoms in total. The van der Waals surface area contributed by atoms with Crippen molar-refractivity contribution in [3.05, 3.63) is 75.7 Å². The number of carboxylic acid groups (broad SMARTS) is 1. The maximum atomic E-state index is 12.0. The van der Waals surface area contributed by atoms with Gasteiger partial charge >= 0.3 is 5.97 Å². The van der Waals surface area contributed by atoms with E-state index in [0.717, 1.165) is 11.3 Å². The maximum Gasteiger partial charge on any atom is 0.336 e. The number of halogens is 2. The molecule has 2 aromatic carbocycles. The first-order valence-corrected chi connectivity index (χ1v) is 10.4. The summed E-state index contributed by atoms with van der Waals surface area (Å²) in [5.41, 5.74) is 3.45. The number of carbonyl (C=O) groups is 1. The number of nitrogens with zero attached hydrogens (tertiary/aromatic N) is 2. The van der Waals surface area contributed by atoms with Crippen LogP contribution in [0.4, 0.5) is 0 Å². The number of ether oxygens (including phenoxy) is 1. The van der Waals surface area contributed by atoms with E-state index in [9.17, 15) is 9.90 Å². The van der Waals surface area contributed by atoms with Crippen molar-refractivity contribution in [1.82, 2.24) is 9.97 Å². The van der Waals surface area contributed by atoms with Crippen LogP contribution in [0.1, 0.15) is 10.4 Å². The highest BCUT2D eigenvalue weighted by Gasteiger charge is 2.22. The van der Waals surface area contributed by atoms with Crippen molar-refractivity contribution in [2.45, 2.75) is 0 Å². The molecule has 2 heterocycles. The Morgan fingerprint density at radius 1 is 1.07 bits per heavy atom. The zero-order valence-corrected chi connectivity index (χ0v) is 17.9. The summed E-state index contributed by atoms with van der Waals surface area (Å²) >= 11 is 13.6. The first kappa shape index (κ1) is 20.3. The summed E-state index contributed by atoms with van der Waals surface area (Å²) in [6.45, 7) is 0. The number of rotatable bonds is 5. The van der Waals surface area contributed by atoms with Crippen LogP contribution in [0.2, 0.25) is 10.0 Å². The Balaban J connectivity index is 1.90. The zero-order chi connectivity index (χ0) is 21.3. The predicted molar refractivity (Wildman–Crippen MR) is 120 cm³/mol. The second-order valence-corrected chi connectivity index (χ2v) is 7.93. The van der Waals surface area contributed by atoms with E-state index in [-0.39, 0.29) is 5.56 Å². The highest BCUT2D eigenvalue weighted by Crippen LogP contribution is 2.41. The van der Waals surface area contributed by atoms with Crippen LogP contribution in [-0.2, 0) is 0 Å². The van der Waals surface area contributed by atoms with E-state index in [2.05, 4.69) is 4.98 Å². The van der Waals surface area contributed by atoms with Gasteiger partial charge in [-0.3, -0.25) is 0 Å². The van der Waals surface area contributed by atoms with E-state index >= 15 is 0 Å². The third kappa shape index (κ3) is 3.77. The van der Waals surface area contributed by atoms with Gasteiger partial charge in [0, 0.05) is 33.8 Å². The minimum atomic E-state index is -1.04. The van der Waals surface area contributed by atoms with Crippen molar-refractivity contribution in [3.63, 3.8) is 0 Å². The number of carboxylic acids is 1. The molecule has 0 saturated carbocycles. The Morgan fingerprint density at radius 2 is 1.87 bits per heavy atom. The summed E-state index contributed by atoms with van der Waals surface area (Å²) in [6.07, 6.45) is 1.59. The fourth-order valence-electron chi connectivity index (χ4n) is 3.13. The molecule has 0 atom stereocenters. The van der Waals surface area contributed by atoms with Crippen molar-refractivity contribution in [1.29, 1.82) is 0 Å². The lowest BCUT2D eigenvalue weighted by Gasteiger charge is -2.13. The number of aromatic nitrogens is 2. The average molecular weight is 457 g/mol. The van der Waals surface area contributed by atoms with Gasteiger partial charge in [0.25, 0.3) is 0 Å². The fourth-order valence-corrected chi connectivity index (χ4v) is 4.29.